The van der Waals surface area contributed by atoms with E-state index in [2.05, 4.69) is 10.6 Å². The van der Waals surface area contributed by atoms with Crippen LogP contribution in [0.25, 0.3) is 0 Å². The molecule has 0 unspecified atom stereocenters. The Morgan fingerprint density at radius 1 is 1.05 bits per heavy atom. The van der Waals surface area contributed by atoms with Crippen molar-refractivity contribution in [1.29, 1.82) is 0 Å². The van der Waals surface area contributed by atoms with Gasteiger partial charge in [0.2, 0.25) is 11.8 Å². The Labute approximate surface area is 119 Å². The summed E-state index contributed by atoms with van der Waals surface area (Å²) < 4.78 is 0. The first kappa shape index (κ1) is 14.6. The van der Waals surface area contributed by atoms with E-state index in [1.807, 2.05) is 25.1 Å². The summed E-state index contributed by atoms with van der Waals surface area (Å²) in [5, 5.41) is 5.78. The van der Waals surface area contributed by atoms with Crippen molar-refractivity contribution in [2.75, 3.05) is 10.6 Å². The maximum absolute atomic E-state index is 12.3. The molecule has 0 aromatic heterocycles. The summed E-state index contributed by atoms with van der Waals surface area (Å²) >= 11 is 0. The van der Waals surface area contributed by atoms with Gasteiger partial charge in [0.25, 0.3) is 0 Å². The van der Waals surface area contributed by atoms with Crippen LogP contribution < -0.4 is 10.6 Å². The number of hydrogen-bond acceptors (Lipinski definition) is 2. The lowest BCUT2D eigenvalue weighted by Gasteiger charge is -2.21. The van der Waals surface area contributed by atoms with Crippen molar-refractivity contribution in [2.45, 2.75) is 46.0 Å². The van der Waals surface area contributed by atoms with Gasteiger partial charge in [-0.05, 0) is 37.5 Å². The van der Waals surface area contributed by atoms with Crippen LogP contribution in [0.5, 0.6) is 0 Å². The van der Waals surface area contributed by atoms with Crippen molar-refractivity contribution in [3.05, 3.63) is 23.8 Å². The fourth-order valence-electron chi connectivity index (χ4n) is 2.70. The van der Waals surface area contributed by atoms with E-state index < -0.39 is 0 Å². The van der Waals surface area contributed by atoms with Crippen LogP contribution >= 0.6 is 0 Å². The first-order valence-corrected chi connectivity index (χ1v) is 7.26. The molecule has 20 heavy (non-hydrogen) atoms. The van der Waals surface area contributed by atoms with Gasteiger partial charge < -0.3 is 10.6 Å². The minimum absolute atomic E-state index is 0.104. The van der Waals surface area contributed by atoms with Gasteiger partial charge in [-0.25, -0.2) is 0 Å². The summed E-state index contributed by atoms with van der Waals surface area (Å²) in [7, 11) is 0. The highest BCUT2D eigenvalue weighted by Gasteiger charge is 2.21. The highest BCUT2D eigenvalue weighted by atomic mass is 16.2. The monoisotopic (exact) mass is 274 g/mol. The van der Waals surface area contributed by atoms with Crippen molar-refractivity contribution < 1.29 is 9.59 Å². The number of anilines is 2. The molecule has 0 heterocycles. The van der Waals surface area contributed by atoms with Gasteiger partial charge in [0, 0.05) is 24.2 Å². The van der Waals surface area contributed by atoms with Gasteiger partial charge in [-0.15, -0.1) is 0 Å². The molecule has 4 heteroatoms. The zero-order chi connectivity index (χ0) is 14.5. The number of nitrogens with one attached hydrogen (secondary N) is 2. The van der Waals surface area contributed by atoms with Crippen molar-refractivity contribution in [2.24, 2.45) is 5.92 Å². The van der Waals surface area contributed by atoms with Gasteiger partial charge in [0.15, 0.2) is 0 Å². The Hall–Kier alpha value is -1.84. The lowest BCUT2D eigenvalue weighted by Crippen LogP contribution is -2.25. The Balaban J connectivity index is 2.08. The van der Waals surface area contributed by atoms with Gasteiger partial charge in [0.05, 0.1) is 0 Å². The second kappa shape index (κ2) is 6.55. The van der Waals surface area contributed by atoms with Crippen molar-refractivity contribution in [3.63, 3.8) is 0 Å². The molecule has 0 atom stereocenters. The predicted octanol–water partition coefficient (Wildman–Crippen LogP) is 3.47. The number of carbonyl (C=O) groups is 2. The number of benzene rings is 1. The molecule has 1 aliphatic carbocycles. The predicted molar refractivity (Wildman–Crippen MR) is 80.7 cm³/mol. The number of rotatable bonds is 3. The van der Waals surface area contributed by atoms with E-state index in [0.29, 0.717) is 0 Å². The minimum atomic E-state index is -0.108. The summed E-state index contributed by atoms with van der Waals surface area (Å²) in [6.07, 6.45) is 5.49. The molecule has 0 saturated heterocycles. The number of hydrogen-bond donors (Lipinski definition) is 2. The molecule has 4 nitrogen and oxygen atoms in total. The van der Waals surface area contributed by atoms with Crippen LogP contribution in [0.15, 0.2) is 18.2 Å². The van der Waals surface area contributed by atoms with Gasteiger partial charge >= 0.3 is 0 Å². The summed E-state index contributed by atoms with van der Waals surface area (Å²) in [5.74, 6) is 0.129. The number of carbonyl (C=O) groups excluding carboxylic acids is 2. The minimum Gasteiger partial charge on any atom is -0.326 e. The first-order chi connectivity index (χ1) is 9.58. The Morgan fingerprint density at radius 2 is 1.65 bits per heavy atom. The normalized spacial score (nSPS) is 15.7. The fourth-order valence-corrected chi connectivity index (χ4v) is 2.70. The number of amides is 2. The average molecular weight is 274 g/mol. The molecule has 1 fully saturated rings. The quantitative estimate of drug-likeness (QED) is 0.886. The van der Waals surface area contributed by atoms with Crippen LogP contribution in [-0.2, 0) is 9.59 Å². The molecule has 1 saturated carbocycles. The van der Waals surface area contributed by atoms with Gasteiger partial charge in [-0.1, -0.05) is 25.3 Å². The third kappa shape index (κ3) is 3.59. The van der Waals surface area contributed by atoms with E-state index in [1.165, 1.54) is 13.3 Å². The van der Waals surface area contributed by atoms with E-state index >= 15 is 0 Å². The molecule has 2 N–H and O–H groups in total. The first-order valence-electron chi connectivity index (χ1n) is 7.26. The third-order valence-electron chi connectivity index (χ3n) is 3.88. The van der Waals surface area contributed by atoms with Crippen LogP contribution in [0.1, 0.15) is 44.6 Å². The average Bonchev–Trinajstić information content (AvgIpc) is 2.43. The van der Waals surface area contributed by atoms with Gasteiger partial charge in [-0.2, -0.15) is 0 Å². The molecule has 1 aromatic carbocycles. The maximum Gasteiger partial charge on any atom is 0.227 e. The maximum atomic E-state index is 12.3. The summed E-state index contributed by atoms with van der Waals surface area (Å²) in [6, 6.07) is 5.56. The standard InChI is InChI=1S/C16H22N2O2/c1-11-14(17-12(2)19)9-6-10-15(11)18-16(20)13-7-4-3-5-8-13/h6,9-10,13H,3-5,7-8H2,1-2H3,(H,17,19)(H,18,20). The van der Waals surface area contributed by atoms with Crippen LogP contribution in [0.4, 0.5) is 11.4 Å². The molecule has 0 bridgehead atoms. The molecule has 0 spiro atoms. The van der Waals surface area contributed by atoms with Crippen LogP contribution in [0, 0.1) is 12.8 Å². The smallest absolute Gasteiger partial charge is 0.227 e. The highest BCUT2D eigenvalue weighted by Crippen LogP contribution is 2.27. The zero-order valence-corrected chi connectivity index (χ0v) is 12.2. The summed E-state index contributed by atoms with van der Waals surface area (Å²) in [4.78, 5) is 23.4. The Bertz CT molecular complexity index is 505. The summed E-state index contributed by atoms with van der Waals surface area (Å²) in [6.45, 7) is 3.38. The molecular formula is C16H22N2O2. The zero-order valence-electron chi connectivity index (χ0n) is 12.2. The largest absolute Gasteiger partial charge is 0.326 e. The van der Waals surface area contributed by atoms with Gasteiger partial charge in [-0.3, -0.25) is 9.59 Å². The van der Waals surface area contributed by atoms with Gasteiger partial charge in [0.1, 0.15) is 0 Å². The topological polar surface area (TPSA) is 58.2 Å². The van der Waals surface area contributed by atoms with Crippen molar-refractivity contribution in [3.8, 4) is 0 Å². The van der Waals surface area contributed by atoms with Crippen molar-refractivity contribution in [1.82, 2.24) is 0 Å². The molecular weight excluding hydrogens is 252 g/mol. The molecule has 2 rings (SSSR count). The fraction of sp³-hybridized carbons (Fsp3) is 0.500. The molecule has 0 aliphatic heterocycles. The van der Waals surface area contributed by atoms with Crippen LogP contribution in [0.3, 0.4) is 0 Å². The molecule has 2 amide bonds. The van der Waals surface area contributed by atoms with E-state index in [4.69, 9.17) is 0 Å². The second-order valence-corrected chi connectivity index (χ2v) is 5.48. The van der Waals surface area contributed by atoms with Crippen molar-refractivity contribution >= 4 is 23.2 Å². The SMILES string of the molecule is CC(=O)Nc1cccc(NC(=O)C2CCCCC2)c1C. The molecule has 1 aliphatic rings. The van der Waals surface area contributed by atoms with Crippen LogP contribution in [0.2, 0.25) is 0 Å². The van der Waals surface area contributed by atoms with E-state index in [0.717, 1.165) is 42.6 Å². The summed E-state index contributed by atoms with van der Waals surface area (Å²) in [5.41, 5.74) is 2.43. The van der Waals surface area contributed by atoms with E-state index in [-0.39, 0.29) is 17.7 Å². The Morgan fingerprint density at radius 3 is 2.25 bits per heavy atom. The lowest BCUT2D eigenvalue weighted by atomic mass is 9.88. The van der Waals surface area contributed by atoms with Crippen LogP contribution in [-0.4, -0.2) is 11.8 Å². The second-order valence-electron chi connectivity index (χ2n) is 5.48. The van der Waals surface area contributed by atoms with E-state index in [1.54, 1.807) is 0 Å². The molecule has 108 valence electrons. The highest BCUT2D eigenvalue weighted by molar-refractivity contribution is 5.96. The third-order valence-corrected chi connectivity index (χ3v) is 3.88. The Kier molecular flexibility index (Phi) is 4.77. The molecule has 1 aromatic rings. The van der Waals surface area contributed by atoms with E-state index in [9.17, 15) is 9.59 Å². The molecule has 0 radical (unpaired) electrons. The lowest BCUT2D eigenvalue weighted by molar-refractivity contribution is -0.120.